The summed E-state index contributed by atoms with van der Waals surface area (Å²) in [5, 5.41) is 19.3. The maximum absolute atomic E-state index is 9.83. The fraction of sp³-hybridized carbons (Fsp3) is 0.500. The molecule has 0 aromatic heterocycles. The van der Waals surface area contributed by atoms with Crippen molar-refractivity contribution in [2.45, 2.75) is 38.5 Å². The summed E-state index contributed by atoms with van der Waals surface area (Å²) in [7, 11) is -1.35. The summed E-state index contributed by atoms with van der Waals surface area (Å²) < 4.78 is 0. The van der Waals surface area contributed by atoms with Gasteiger partial charge in [-0.3, -0.25) is 0 Å². The molecule has 0 aliphatic rings. The minimum atomic E-state index is -1.35. The molecule has 0 heterocycles. The largest absolute Gasteiger partial charge is 0.504 e. The van der Waals surface area contributed by atoms with E-state index in [-0.39, 0.29) is 11.5 Å². The fourth-order valence-electron chi connectivity index (χ4n) is 2.13. The van der Waals surface area contributed by atoms with Crippen LogP contribution in [0.4, 0.5) is 0 Å². The van der Waals surface area contributed by atoms with Crippen molar-refractivity contribution in [1.29, 1.82) is 0 Å². The Morgan fingerprint density at radius 3 is 2.27 bits per heavy atom. The summed E-state index contributed by atoms with van der Waals surface area (Å²) in [5.74, 6) is 0.0518. The van der Waals surface area contributed by atoms with Crippen LogP contribution in [0.3, 0.4) is 0 Å². The standard InChI is InChI=1S/C12H20O2Si/c1-5-11(15(2,3)4)9-7-6-8-10(13)12(9)14/h6-8,11,13-14H,5H2,1-4H3. The van der Waals surface area contributed by atoms with Gasteiger partial charge >= 0.3 is 0 Å². The number of para-hydroxylation sites is 1. The second kappa shape index (κ2) is 4.27. The third kappa shape index (κ3) is 2.53. The third-order valence-electron chi connectivity index (χ3n) is 2.87. The second-order valence-corrected chi connectivity index (χ2v) is 10.5. The van der Waals surface area contributed by atoms with Gasteiger partial charge in [0.15, 0.2) is 11.5 Å². The summed E-state index contributed by atoms with van der Waals surface area (Å²) in [6.07, 6.45) is 1.01. The van der Waals surface area contributed by atoms with Crippen LogP contribution in [0.25, 0.3) is 0 Å². The third-order valence-corrected chi connectivity index (χ3v) is 5.69. The van der Waals surface area contributed by atoms with E-state index >= 15 is 0 Å². The van der Waals surface area contributed by atoms with Gasteiger partial charge < -0.3 is 10.2 Å². The van der Waals surface area contributed by atoms with E-state index in [0.717, 1.165) is 12.0 Å². The van der Waals surface area contributed by atoms with Gasteiger partial charge in [0.1, 0.15) is 0 Å². The molecule has 1 atom stereocenters. The van der Waals surface area contributed by atoms with Crippen LogP contribution < -0.4 is 0 Å². The number of rotatable bonds is 3. The van der Waals surface area contributed by atoms with Crippen LogP contribution in [0, 0.1) is 0 Å². The summed E-state index contributed by atoms with van der Waals surface area (Å²) in [6, 6.07) is 5.24. The van der Waals surface area contributed by atoms with E-state index in [9.17, 15) is 10.2 Å². The van der Waals surface area contributed by atoms with Gasteiger partial charge in [0.25, 0.3) is 0 Å². The Bertz CT molecular complexity index is 342. The van der Waals surface area contributed by atoms with Crippen LogP contribution in [-0.4, -0.2) is 18.3 Å². The van der Waals surface area contributed by atoms with Crippen molar-refractivity contribution in [1.82, 2.24) is 0 Å². The highest BCUT2D eigenvalue weighted by Gasteiger charge is 2.29. The Morgan fingerprint density at radius 1 is 1.20 bits per heavy atom. The lowest BCUT2D eigenvalue weighted by Crippen LogP contribution is -2.30. The smallest absolute Gasteiger partial charge is 0.160 e. The first-order valence-electron chi connectivity index (χ1n) is 5.38. The Balaban J connectivity index is 3.19. The number of benzene rings is 1. The first kappa shape index (κ1) is 12.1. The van der Waals surface area contributed by atoms with Gasteiger partial charge in [0, 0.05) is 0 Å². The van der Waals surface area contributed by atoms with Crippen LogP contribution in [0.1, 0.15) is 24.4 Å². The number of phenols is 2. The van der Waals surface area contributed by atoms with Crippen LogP contribution >= 0.6 is 0 Å². The quantitative estimate of drug-likeness (QED) is 0.609. The van der Waals surface area contributed by atoms with E-state index < -0.39 is 8.07 Å². The molecule has 2 N–H and O–H groups in total. The van der Waals surface area contributed by atoms with Crippen molar-refractivity contribution in [3.8, 4) is 11.5 Å². The van der Waals surface area contributed by atoms with Crippen molar-refractivity contribution in [3.63, 3.8) is 0 Å². The molecule has 0 saturated carbocycles. The summed E-state index contributed by atoms with van der Waals surface area (Å²) in [6.45, 7) is 8.98. The van der Waals surface area contributed by atoms with Crippen molar-refractivity contribution in [2.75, 3.05) is 0 Å². The Kier molecular flexibility index (Phi) is 3.45. The lowest BCUT2D eigenvalue weighted by atomic mass is 10.1. The summed E-state index contributed by atoms with van der Waals surface area (Å²) in [5.41, 5.74) is 1.29. The minimum Gasteiger partial charge on any atom is -0.504 e. The lowest BCUT2D eigenvalue weighted by molar-refractivity contribution is 0.398. The SMILES string of the molecule is CCC(c1cccc(O)c1O)[Si](C)(C)C. The maximum atomic E-state index is 9.83. The minimum absolute atomic E-state index is 0.01000. The van der Waals surface area contributed by atoms with E-state index in [1.54, 1.807) is 6.07 Å². The van der Waals surface area contributed by atoms with Crippen LogP contribution in [0.2, 0.25) is 19.6 Å². The predicted octanol–water partition coefficient (Wildman–Crippen LogP) is 3.47. The molecule has 1 aromatic carbocycles. The van der Waals surface area contributed by atoms with Gasteiger partial charge in [-0.1, -0.05) is 45.1 Å². The topological polar surface area (TPSA) is 40.5 Å². The number of aromatic hydroxyl groups is 2. The Morgan fingerprint density at radius 2 is 1.80 bits per heavy atom. The second-order valence-electron chi connectivity index (χ2n) is 5.04. The first-order valence-corrected chi connectivity index (χ1v) is 8.96. The zero-order valence-corrected chi connectivity index (χ0v) is 10.9. The van der Waals surface area contributed by atoms with Crippen molar-refractivity contribution < 1.29 is 10.2 Å². The molecule has 0 bridgehead atoms. The van der Waals surface area contributed by atoms with Crippen LogP contribution in [0.5, 0.6) is 11.5 Å². The fourth-order valence-corrected chi connectivity index (χ4v) is 4.52. The highest BCUT2D eigenvalue weighted by Crippen LogP contribution is 2.39. The molecule has 0 radical (unpaired) electrons. The lowest BCUT2D eigenvalue weighted by Gasteiger charge is -2.29. The van der Waals surface area contributed by atoms with Crippen molar-refractivity contribution in [2.24, 2.45) is 0 Å². The zero-order chi connectivity index (χ0) is 11.6. The molecule has 0 saturated heterocycles. The molecule has 3 heteroatoms. The van der Waals surface area contributed by atoms with Crippen molar-refractivity contribution in [3.05, 3.63) is 23.8 Å². The molecule has 1 aromatic rings. The predicted molar refractivity (Wildman–Crippen MR) is 66.1 cm³/mol. The van der Waals surface area contributed by atoms with Gasteiger partial charge in [-0.25, -0.2) is 0 Å². The zero-order valence-electron chi connectivity index (χ0n) is 9.91. The molecule has 1 unspecified atom stereocenters. The van der Waals surface area contributed by atoms with Gasteiger partial charge in [-0.2, -0.15) is 0 Å². The van der Waals surface area contributed by atoms with E-state index in [2.05, 4.69) is 26.6 Å². The molecule has 2 nitrogen and oxygen atoms in total. The summed E-state index contributed by atoms with van der Waals surface area (Å²) in [4.78, 5) is 0. The molecule has 15 heavy (non-hydrogen) atoms. The van der Waals surface area contributed by atoms with Gasteiger partial charge in [0.2, 0.25) is 0 Å². The Hall–Kier alpha value is -0.963. The van der Waals surface area contributed by atoms with Gasteiger partial charge in [-0.15, -0.1) is 0 Å². The molecule has 0 amide bonds. The Labute approximate surface area is 92.6 Å². The van der Waals surface area contributed by atoms with Crippen LogP contribution in [0.15, 0.2) is 18.2 Å². The highest BCUT2D eigenvalue weighted by molar-refractivity contribution is 6.77. The molecular weight excluding hydrogens is 204 g/mol. The number of hydrogen-bond donors (Lipinski definition) is 2. The molecule has 0 aliphatic heterocycles. The summed E-state index contributed by atoms with van der Waals surface area (Å²) >= 11 is 0. The first-order chi connectivity index (χ1) is 6.88. The van der Waals surface area contributed by atoms with E-state index in [1.165, 1.54) is 6.07 Å². The van der Waals surface area contributed by atoms with E-state index in [4.69, 9.17) is 0 Å². The molecule has 0 spiro atoms. The molecule has 0 fully saturated rings. The van der Waals surface area contributed by atoms with E-state index in [0.29, 0.717) is 5.54 Å². The number of phenolic OH excluding ortho intramolecular Hbond substituents is 2. The molecular formula is C12H20O2Si. The average Bonchev–Trinajstić information content (AvgIpc) is 2.11. The average molecular weight is 224 g/mol. The molecule has 0 aliphatic carbocycles. The van der Waals surface area contributed by atoms with Gasteiger partial charge in [0.05, 0.1) is 8.07 Å². The monoisotopic (exact) mass is 224 g/mol. The molecule has 84 valence electrons. The number of hydrogen-bond acceptors (Lipinski definition) is 2. The normalized spacial score (nSPS) is 13.9. The van der Waals surface area contributed by atoms with Crippen LogP contribution in [-0.2, 0) is 0 Å². The van der Waals surface area contributed by atoms with Crippen molar-refractivity contribution >= 4 is 8.07 Å². The maximum Gasteiger partial charge on any atom is 0.160 e. The van der Waals surface area contributed by atoms with Gasteiger partial charge in [-0.05, 0) is 17.2 Å². The highest BCUT2D eigenvalue weighted by atomic mass is 28.3. The van der Waals surface area contributed by atoms with E-state index in [1.807, 2.05) is 6.07 Å². The molecule has 1 rings (SSSR count).